The molecule has 1 aromatic carbocycles. The number of anilines is 1. The normalized spacial score (nSPS) is 26.9. The van der Waals surface area contributed by atoms with Gasteiger partial charge in [-0.05, 0) is 65.3 Å². The van der Waals surface area contributed by atoms with Crippen molar-refractivity contribution in [1.29, 1.82) is 0 Å². The number of fused-ring (bicyclic) bond motifs is 3. The SMILES string of the molecule is CN(C)c1cc(CNC(C)(C)C)c(O)c2c1C[C@H]1C[C@H]3C(N(C)C)C(O)=C(C(N)=O)C(=O)[C@@]3(O)C(O)=C1C2=O. The second kappa shape index (κ2) is 9.35. The number of aliphatic hydroxyl groups is 3. The number of nitrogens with zero attached hydrogens (tertiary/aromatic N) is 2. The number of carbonyl (C=O) groups excluding carboxylic acids is 3. The van der Waals surface area contributed by atoms with Gasteiger partial charge in [-0.3, -0.25) is 19.3 Å². The van der Waals surface area contributed by atoms with E-state index >= 15 is 0 Å². The number of allylic oxidation sites excluding steroid dienone is 1. The van der Waals surface area contributed by atoms with Gasteiger partial charge in [-0.25, -0.2) is 0 Å². The standard InChI is InChI=1S/C28H38N4O7/c1-27(2,3)30-11-13-10-16(31(4)5)14-8-12-9-15-20(32(6)7)23(35)19(26(29)38)25(37)28(15,39)24(36)17(12)22(34)18(14)21(13)33/h10,12,15,20,30,33,35-36,39H,8-9,11H2,1-7H3,(H2,29,38)/t12-,15-,20?,28-/m0/s1. The number of amides is 1. The third-order valence-electron chi connectivity index (χ3n) is 8.07. The summed E-state index contributed by atoms with van der Waals surface area (Å²) in [6.45, 7) is 6.19. The number of phenols is 1. The number of nitrogens with two attached hydrogens (primary N) is 1. The van der Waals surface area contributed by atoms with E-state index in [-0.39, 0.29) is 41.8 Å². The van der Waals surface area contributed by atoms with E-state index in [1.54, 1.807) is 14.1 Å². The number of benzene rings is 1. The minimum Gasteiger partial charge on any atom is -0.510 e. The second-order valence-corrected chi connectivity index (χ2v) is 12.2. The molecule has 0 radical (unpaired) electrons. The minimum atomic E-state index is -2.66. The van der Waals surface area contributed by atoms with E-state index in [2.05, 4.69) is 5.32 Å². The summed E-state index contributed by atoms with van der Waals surface area (Å²) in [4.78, 5) is 43.0. The number of hydrogen-bond donors (Lipinski definition) is 6. The Labute approximate surface area is 227 Å². The summed E-state index contributed by atoms with van der Waals surface area (Å²) < 4.78 is 0. The van der Waals surface area contributed by atoms with Crippen molar-refractivity contribution >= 4 is 23.2 Å². The molecule has 0 saturated heterocycles. The van der Waals surface area contributed by atoms with Crippen molar-refractivity contribution in [3.05, 3.63) is 45.4 Å². The van der Waals surface area contributed by atoms with Gasteiger partial charge < -0.3 is 36.4 Å². The topological polar surface area (TPSA) is 177 Å². The van der Waals surface area contributed by atoms with Gasteiger partial charge in [0.05, 0.1) is 11.6 Å². The van der Waals surface area contributed by atoms with Gasteiger partial charge >= 0.3 is 0 Å². The maximum atomic E-state index is 14.0. The molecule has 3 aliphatic rings. The van der Waals surface area contributed by atoms with Crippen molar-refractivity contribution in [2.45, 2.75) is 57.3 Å². The highest BCUT2D eigenvalue weighted by molar-refractivity contribution is 6.24. The predicted molar refractivity (Wildman–Crippen MR) is 145 cm³/mol. The summed E-state index contributed by atoms with van der Waals surface area (Å²) in [6.07, 6.45) is 0.287. The van der Waals surface area contributed by atoms with Crippen LogP contribution < -0.4 is 16.0 Å². The third-order valence-corrected chi connectivity index (χ3v) is 8.07. The lowest BCUT2D eigenvalue weighted by Gasteiger charge is -2.50. The summed E-state index contributed by atoms with van der Waals surface area (Å²) >= 11 is 0. The molecule has 7 N–H and O–H groups in total. The average Bonchev–Trinajstić information content (AvgIpc) is 2.79. The number of hydrogen-bond acceptors (Lipinski definition) is 10. The predicted octanol–water partition coefficient (Wildman–Crippen LogP) is 1.07. The number of ketones is 2. The quantitative estimate of drug-likeness (QED) is 0.295. The summed E-state index contributed by atoms with van der Waals surface area (Å²) in [5.74, 6) is -6.57. The molecule has 3 aliphatic carbocycles. The van der Waals surface area contributed by atoms with Crippen LogP contribution in [0.15, 0.2) is 28.7 Å². The zero-order valence-corrected chi connectivity index (χ0v) is 23.4. The molecule has 212 valence electrons. The fraction of sp³-hybridized carbons (Fsp3) is 0.536. The number of phenolic OH excluding ortho intramolecular Hbond substituents is 1. The van der Waals surface area contributed by atoms with Gasteiger partial charge in [-0.2, -0.15) is 0 Å². The molecule has 0 aliphatic heterocycles. The number of nitrogens with one attached hydrogen (secondary N) is 1. The van der Waals surface area contributed by atoms with Crippen LogP contribution in [0.25, 0.3) is 0 Å². The molecule has 4 rings (SSSR count). The van der Waals surface area contributed by atoms with Crippen LogP contribution in [0.4, 0.5) is 5.69 Å². The van der Waals surface area contributed by atoms with E-state index in [9.17, 15) is 34.8 Å². The van der Waals surface area contributed by atoms with E-state index in [0.29, 0.717) is 11.1 Å². The highest BCUT2D eigenvalue weighted by Gasteiger charge is 2.63. The number of aromatic hydroxyl groups is 1. The van der Waals surface area contributed by atoms with Gasteiger partial charge in [-0.15, -0.1) is 0 Å². The Kier molecular flexibility index (Phi) is 6.86. The van der Waals surface area contributed by atoms with Crippen molar-refractivity contribution in [2.75, 3.05) is 33.1 Å². The van der Waals surface area contributed by atoms with E-state index in [4.69, 9.17) is 5.73 Å². The monoisotopic (exact) mass is 542 g/mol. The Bertz CT molecular complexity index is 1340. The van der Waals surface area contributed by atoms with Gasteiger partial charge in [0.25, 0.3) is 5.91 Å². The fourth-order valence-electron chi connectivity index (χ4n) is 6.25. The lowest BCUT2D eigenvalue weighted by atomic mass is 9.58. The number of rotatable bonds is 5. The molecular formula is C28H38N4O7. The number of primary amides is 1. The largest absolute Gasteiger partial charge is 0.510 e. The fourth-order valence-corrected chi connectivity index (χ4v) is 6.25. The molecule has 1 aromatic rings. The summed E-state index contributed by atoms with van der Waals surface area (Å²) in [7, 11) is 6.86. The molecule has 0 saturated carbocycles. The Hall–Kier alpha value is -3.41. The van der Waals surface area contributed by atoms with Crippen LogP contribution >= 0.6 is 0 Å². The van der Waals surface area contributed by atoms with Crippen LogP contribution in [0, 0.1) is 11.8 Å². The van der Waals surface area contributed by atoms with E-state index in [0.717, 1.165) is 5.69 Å². The first kappa shape index (κ1) is 28.6. The Morgan fingerprint density at radius 1 is 1.15 bits per heavy atom. The second-order valence-electron chi connectivity index (χ2n) is 12.2. The Balaban J connectivity index is 1.94. The average molecular weight is 543 g/mol. The first-order valence-electron chi connectivity index (χ1n) is 12.9. The first-order valence-corrected chi connectivity index (χ1v) is 12.9. The van der Waals surface area contributed by atoms with Crippen LogP contribution in [0.2, 0.25) is 0 Å². The maximum Gasteiger partial charge on any atom is 0.255 e. The third kappa shape index (κ3) is 4.29. The molecule has 1 amide bonds. The van der Waals surface area contributed by atoms with Crippen molar-refractivity contribution in [2.24, 2.45) is 17.6 Å². The molecule has 0 heterocycles. The van der Waals surface area contributed by atoms with E-state index in [1.807, 2.05) is 45.8 Å². The molecule has 39 heavy (non-hydrogen) atoms. The van der Waals surface area contributed by atoms with Crippen LogP contribution in [-0.2, 0) is 22.6 Å². The lowest BCUT2D eigenvalue weighted by Crippen LogP contribution is -2.63. The van der Waals surface area contributed by atoms with Crippen LogP contribution in [0.5, 0.6) is 5.75 Å². The van der Waals surface area contributed by atoms with E-state index < -0.39 is 58.0 Å². The van der Waals surface area contributed by atoms with Crippen molar-refractivity contribution in [3.8, 4) is 5.75 Å². The van der Waals surface area contributed by atoms with Gasteiger partial charge in [0.15, 0.2) is 11.4 Å². The number of likely N-dealkylation sites (N-methyl/N-ethyl adjacent to an activating group) is 1. The minimum absolute atomic E-state index is 0.00712. The smallest absolute Gasteiger partial charge is 0.255 e. The Morgan fingerprint density at radius 3 is 2.28 bits per heavy atom. The van der Waals surface area contributed by atoms with Crippen LogP contribution in [-0.4, -0.2) is 88.2 Å². The zero-order valence-electron chi connectivity index (χ0n) is 23.4. The molecule has 0 bridgehead atoms. The summed E-state index contributed by atoms with van der Waals surface area (Å²) in [5.41, 5.74) is 3.28. The molecule has 0 spiro atoms. The lowest BCUT2D eigenvalue weighted by molar-refractivity contribution is -0.148. The highest BCUT2D eigenvalue weighted by atomic mass is 16.3. The molecule has 0 aromatic heterocycles. The summed E-state index contributed by atoms with van der Waals surface area (Å²) in [6, 6.07) is 0.803. The number of Topliss-reactive ketones (excluding diaryl/α,β-unsaturated/α-hetero) is 2. The Morgan fingerprint density at radius 2 is 1.77 bits per heavy atom. The van der Waals surface area contributed by atoms with Crippen LogP contribution in [0.3, 0.4) is 0 Å². The molecule has 11 heteroatoms. The first-order chi connectivity index (χ1) is 17.9. The maximum absolute atomic E-state index is 14.0. The number of carbonyl (C=O) groups is 3. The molecular weight excluding hydrogens is 504 g/mol. The zero-order chi connectivity index (χ0) is 29.4. The van der Waals surface area contributed by atoms with Crippen LogP contribution in [0.1, 0.15) is 48.7 Å². The molecule has 0 fully saturated rings. The van der Waals surface area contributed by atoms with Crippen molar-refractivity contribution in [3.63, 3.8) is 0 Å². The van der Waals surface area contributed by atoms with Crippen molar-refractivity contribution in [1.82, 2.24) is 10.2 Å². The molecule has 11 nitrogen and oxygen atoms in total. The molecule has 1 unspecified atom stereocenters. The molecule has 4 atom stereocenters. The number of aliphatic hydroxyl groups excluding tert-OH is 2. The van der Waals surface area contributed by atoms with E-state index in [1.165, 1.54) is 4.90 Å². The van der Waals surface area contributed by atoms with Gasteiger partial charge in [0.2, 0.25) is 5.78 Å². The van der Waals surface area contributed by atoms with Gasteiger partial charge in [-0.1, -0.05) is 0 Å². The summed E-state index contributed by atoms with van der Waals surface area (Å²) in [5, 5.41) is 48.7. The highest BCUT2D eigenvalue weighted by Crippen LogP contribution is 2.53. The van der Waals surface area contributed by atoms with Crippen molar-refractivity contribution < 1.29 is 34.8 Å². The van der Waals surface area contributed by atoms with Gasteiger partial charge in [0.1, 0.15) is 22.8 Å². The van der Waals surface area contributed by atoms with Gasteiger partial charge in [0, 0.05) is 48.9 Å².